The van der Waals surface area contributed by atoms with Gasteiger partial charge in [-0.3, -0.25) is 4.68 Å². The van der Waals surface area contributed by atoms with Crippen LogP contribution in [0.3, 0.4) is 0 Å². The Balaban J connectivity index is 1.88. The molecule has 130 valence electrons. The number of aliphatic hydroxyl groups is 1. The molecule has 0 fully saturated rings. The molecular formula is C16H22N4O3S. The highest BCUT2D eigenvalue weighted by atomic mass is 32.2. The van der Waals surface area contributed by atoms with Crippen LogP contribution in [0.15, 0.2) is 36.4 Å². The smallest absolute Gasteiger partial charge is 0.281 e. The van der Waals surface area contributed by atoms with Gasteiger partial charge in [0.2, 0.25) is 0 Å². The average molecular weight is 350 g/mol. The summed E-state index contributed by atoms with van der Waals surface area (Å²) in [7, 11) is -0.406. The van der Waals surface area contributed by atoms with Crippen LogP contribution in [-0.2, 0) is 23.3 Å². The van der Waals surface area contributed by atoms with Crippen molar-refractivity contribution in [2.24, 2.45) is 0 Å². The minimum atomic E-state index is -3.47. The van der Waals surface area contributed by atoms with Crippen molar-refractivity contribution in [2.45, 2.75) is 25.6 Å². The van der Waals surface area contributed by atoms with E-state index in [2.05, 4.69) is 5.10 Å². The van der Waals surface area contributed by atoms with E-state index in [1.165, 1.54) is 22.7 Å². The maximum atomic E-state index is 12.4. The van der Waals surface area contributed by atoms with Crippen LogP contribution in [0.2, 0.25) is 0 Å². The van der Waals surface area contributed by atoms with Crippen LogP contribution in [0.1, 0.15) is 29.5 Å². The molecule has 0 spiro atoms. The second-order valence-corrected chi connectivity index (χ2v) is 8.22. The summed E-state index contributed by atoms with van der Waals surface area (Å²) in [4.78, 5) is 0. The highest BCUT2D eigenvalue weighted by Gasteiger charge is 2.28. The highest BCUT2D eigenvalue weighted by Crippen LogP contribution is 2.24. The Morgan fingerprint density at radius 3 is 2.58 bits per heavy atom. The number of hydrogen-bond donors (Lipinski definition) is 1. The molecule has 0 bridgehead atoms. The molecule has 0 amide bonds. The predicted molar refractivity (Wildman–Crippen MR) is 90.4 cm³/mol. The Kier molecular flexibility index (Phi) is 4.73. The van der Waals surface area contributed by atoms with Crippen molar-refractivity contribution in [3.8, 4) is 0 Å². The molecule has 1 atom stereocenters. The number of aliphatic hydroxyl groups excluding tert-OH is 1. The zero-order valence-electron chi connectivity index (χ0n) is 13.8. The molecule has 0 unspecified atom stereocenters. The van der Waals surface area contributed by atoms with E-state index in [0.717, 1.165) is 11.3 Å². The molecule has 0 saturated carbocycles. The molecule has 1 N–H and O–H groups in total. The minimum Gasteiger partial charge on any atom is -0.382 e. The first-order chi connectivity index (χ1) is 11.4. The molecule has 7 nitrogen and oxygen atoms in total. The van der Waals surface area contributed by atoms with Crippen molar-refractivity contribution in [1.29, 1.82) is 0 Å². The van der Waals surface area contributed by atoms with Crippen molar-refractivity contribution in [3.63, 3.8) is 0 Å². The van der Waals surface area contributed by atoms with Crippen LogP contribution in [-0.4, -0.2) is 52.6 Å². The number of fused-ring (bicyclic) bond motifs is 1. The Morgan fingerprint density at radius 1 is 1.21 bits per heavy atom. The van der Waals surface area contributed by atoms with E-state index in [1.54, 1.807) is 10.7 Å². The number of aryl methyl sites for hydroxylation is 1. The molecule has 1 aromatic carbocycles. The molecular weight excluding hydrogens is 328 g/mol. The third-order valence-electron chi connectivity index (χ3n) is 4.18. The normalized spacial score (nSPS) is 17.5. The Hall–Kier alpha value is -1.74. The fourth-order valence-corrected chi connectivity index (χ4v) is 3.94. The third kappa shape index (κ3) is 3.23. The van der Waals surface area contributed by atoms with Crippen LogP contribution >= 0.6 is 0 Å². The van der Waals surface area contributed by atoms with E-state index >= 15 is 0 Å². The summed E-state index contributed by atoms with van der Waals surface area (Å²) in [6, 6.07) is 11.1. The first-order valence-corrected chi connectivity index (χ1v) is 9.26. The fourth-order valence-electron chi connectivity index (χ4n) is 2.82. The SMILES string of the molecule is CN(C)S(=O)(=O)N1CCCn2nc([C@@H](O)c3ccccc3)cc2C1. The van der Waals surface area contributed by atoms with Crippen LogP contribution < -0.4 is 0 Å². The van der Waals surface area contributed by atoms with Gasteiger partial charge < -0.3 is 5.11 Å². The maximum absolute atomic E-state index is 12.4. The lowest BCUT2D eigenvalue weighted by molar-refractivity contribution is 0.214. The van der Waals surface area contributed by atoms with Crippen LogP contribution in [0, 0.1) is 0 Å². The predicted octanol–water partition coefficient (Wildman–Crippen LogP) is 0.977. The van der Waals surface area contributed by atoms with Gasteiger partial charge in [-0.15, -0.1) is 0 Å². The van der Waals surface area contributed by atoms with E-state index in [0.29, 0.717) is 25.2 Å². The summed E-state index contributed by atoms with van der Waals surface area (Å²) < 4.78 is 29.2. The van der Waals surface area contributed by atoms with Gasteiger partial charge in [0.1, 0.15) is 6.10 Å². The first kappa shape index (κ1) is 17.1. The Morgan fingerprint density at radius 2 is 1.92 bits per heavy atom. The molecule has 2 aromatic rings. The van der Waals surface area contributed by atoms with Gasteiger partial charge in [0.25, 0.3) is 10.2 Å². The van der Waals surface area contributed by atoms with Crippen molar-refractivity contribution in [1.82, 2.24) is 18.4 Å². The third-order valence-corrected chi connectivity index (χ3v) is 6.07. The van der Waals surface area contributed by atoms with Crippen molar-refractivity contribution >= 4 is 10.2 Å². The number of hydrogen-bond acceptors (Lipinski definition) is 4. The zero-order chi connectivity index (χ0) is 17.3. The fraction of sp³-hybridized carbons (Fsp3) is 0.438. The zero-order valence-corrected chi connectivity index (χ0v) is 14.6. The number of nitrogens with zero attached hydrogens (tertiary/aromatic N) is 4. The molecule has 0 radical (unpaired) electrons. The van der Waals surface area contributed by atoms with Crippen LogP contribution in [0.4, 0.5) is 0 Å². The molecule has 0 aliphatic carbocycles. The second-order valence-electron chi connectivity index (χ2n) is 6.07. The molecule has 1 aromatic heterocycles. The van der Waals surface area contributed by atoms with E-state index < -0.39 is 16.3 Å². The van der Waals surface area contributed by atoms with Gasteiger partial charge in [-0.2, -0.15) is 22.1 Å². The van der Waals surface area contributed by atoms with Gasteiger partial charge in [0, 0.05) is 27.2 Å². The standard InChI is InChI=1S/C16H22N4O3S/c1-18(2)24(22,23)19-9-6-10-20-14(12-19)11-15(17-20)16(21)13-7-4-3-5-8-13/h3-5,7-8,11,16,21H,6,9-10,12H2,1-2H3/t16-/m0/s1. The highest BCUT2D eigenvalue weighted by molar-refractivity contribution is 7.86. The molecule has 2 heterocycles. The number of aromatic nitrogens is 2. The molecule has 0 saturated heterocycles. The first-order valence-electron chi connectivity index (χ1n) is 7.87. The van der Waals surface area contributed by atoms with Gasteiger partial charge in [-0.05, 0) is 18.1 Å². The Labute approximate surface area is 142 Å². The van der Waals surface area contributed by atoms with E-state index in [9.17, 15) is 13.5 Å². The minimum absolute atomic E-state index is 0.259. The number of benzene rings is 1. The summed E-state index contributed by atoms with van der Waals surface area (Å²) in [6.07, 6.45) is -0.132. The summed E-state index contributed by atoms with van der Waals surface area (Å²) in [5.41, 5.74) is 2.10. The lowest BCUT2D eigenvalue weighted by Gasteiger charge is -2.23. The van der Waals surface area contributed by atoms with E-state index in [-0.39, 0.29) is 6.54 Å². The average Bonchev–Trinajstić information content (AvgIpc) is 2.86. The molecule has 1 aliphatic heterocycles. The lowest BCUT2D eigenvalue weighted by Crippen LogP contribution is -2.39. The lowest BCUT2D eigenvalue weighted by atomic mass is 10.1. The molecule has 24 heavy (non-hydrogen) atoms. The van der Waals surface area contributed by atoms with Gasteiger partial charge in [0.05, 0.1) is 17.9 Å². The molecule has 1 aliphatic rings. The number of rotatable bonds is 4. The van der Waals surface area contributed by atoms with Crippen molar-refractivity contribution < 1.29 is 13.5 Å². The summed E-state index contributed by atoms with van der Waals surface area (Å²) in [6.45, 7) is 1.35. The van der Waals surface area contributed by atoms with E-state index in [4.69, 9.17) is 0 Å². The topological polar surface area (TPSA) is 78.7 Å². The van der Waals surface area contributed by atoms with Crippen molar-refractivity contribution in [3.05, 3.63) is 53.3 Å². The van der Waals surface area contributed by atoms with Gasteiger partial charge in [-0.1, -0.05) is 30.3 Å². The van der Waals surface area contributed by atoms with E-state index in [1.807, 2.05) is 30.3 Å². The van der Waals surface area contributed by atoms with Crippen LogP contribution in [0.5, 0.6) is 0 Å². The second kappa shape index (κ2) is 6.64. The van der Waals surface area contributed by atoms with Gasteiger partial charge >= 0.3 is 0 Å². The molecule has 8 heteroatoms. The summed E-state index contributed by atoms with van der Waals surface area (Å²) >= 11 is 0. The monoisotopic (exact) mass is 350 g/mol. The quantitative estimate of drug-likeness (QED) is 0.891. The largest absolute Gasteiger partial charge is 0.382 e. The Bertz CT molecular complexity index is 802. The van der Waals surface area contributed by atoms with Crippen LogP contribution in [0.25, 0.3) is 0 Å². The summed E-state index contributed by atoms with van der Waals surface area (Å²) in [5, 5.41) is 15.0. The maximum Gasteiger partial charge on any atom is 0.281 e. The summed E-state index contributed by atoms with van der Waals surface area (Å²) in [5.74, 6) is 0. The molecule has 3 rings (SSSR count). The van der Waals surface area contributed by atoms with Gasteiger partial charge in [0.15, 0.2) is 0 Å². The van der Waals surface area contributed by atoms with Gasteiger partial charge in [-0.25, -0.2) is 0 Å². The van der Waals surface area contributed by atoms with Crippen molar-refractivity contribution in [2.75, 3.05) is 20.6 Å².